The molecular formula is C24H23F2N5O3. The van der Waals surface area contributed by atoms with E-state index in [-0.39, 0.29) is 18.2 Å². The molecule has 2 aromatic heterocycles. The summed E-state index contributed by atoms with van der Waals surface area (Å²) in [5.41, 5.74) is 9.73. The van der Waals surface area contributed by atoms with Crippen LogP contribution in [0.25, 0.3) is 11.6 Å². The van der Waals surface area contributed by atoms with Gasteiger partial charge in [-0.1, -0.05) is 6.07 Å². The van der Waals surface area contributed by atoms with E-state index < -0.39 is 17.7 Å². The van der Waals surface area contributed by atoms with Crippen molar-refractivity contribution in [3.05, 3.63) is 70.6 Å². The Kier molecular flexibility index (Phi) is 6.53. The molecule has 1 aromatic carbocycles. The van der Waals surface area contributed by atoms with Gasteiger partial charge in [0.05, 0.1) is 18.9 Å². The summed E-state index contributed by atoms with van der Waals surface area (Å²) in [5.74, 6) is 0.422. The Morgan fingerprint density at radius 1 is 1.21 bits per heavy atom. The molecule has 0 saturated carbocycles. The number of nitrogens with two attached hydrogens (primary N) is 1. The third kappa shape index (κ3) is 4.59. The number of benzene rings is 1. The van der Waals surface area contributed by atoms with Crippen molar-refractivity contribution in [2.45, 2.75) is 6.43 Å². The molecule has 10 heteroatoms. The lowest BCUT2D eigenvalue weighted by molar-refractivity contribution is 0.0795. The van der Waals surface area contributed by atoms with Gasteiger partial charge in [0, 0.05) is 48.3 Å². The van der Waals surface area contributed by atoms with Crippen molar-refractivity contribution in [3.63, 3.8) is 0 Å². The van der Waals surface area contributed by atoms with Gasteiger partial charge in [-0.3, -0.25) is 9.64 Å². The second-order valence-corrected chi connectivity index (χ2v) is 7.62. The van der Waals surface area contributed by atoms with Crippen LogP contribution in [0.3, 0.4) is 0 Å². The number of aliphatic imine (C=N–C) groups is 1. The van der Waals surface area contributed by atoms with Gasteiger partial charge in [0.25, 0.3) is 6.43 Å². The van der Waals surface area contributed by atoms with E-state index in [0.717, 1.165) is 16.7 Å². The second-order valence-electron chi connectivity index (χ2n) is 7.62. The number of halogens is 2. The number of quaternary nitrogens is 1. The van der Waals surface area contributed by atoms with Crippen molar-refractivity contribution in [1.82, 2.24) is 14.6 Å². The molecule has 3 aromatic rings. The molecule has 1 aliphatic rings. The number of ether oxygens (including phenoxy) is 2. The Hall–Kier alpha value is -3.89. The van der Waals surface area contributed by atoms with E-state index in [1.165, 1.54) is 19.4 Å². The van der Waals surface area contributed by atoms with E-state index in [4.69, 9.17) is 15.2 Å². The number of anilines is 1. The van der Waals surface area contributed by atoms with Crippen LogP contribution in [-0.4, -0.2) is 49.9 Å². The molecule has 0 fully saturated rings. The zero-order valence-electron chi connectivity index (χ0n) is 18.6. The summed E-state index contributed by atoms with van der Waals surface area (Å²) in [6.07, 6.45) is 2.26. The molecule has 34 heavy (non-hydrogen) atoms. The lowest BCUT2D eigenvalue weighted by Crippen LogP contribution is -2.42. The minimum atomic E-state index is -2.66. The molecule has 1 aliphatic heterocycles. The topological polar surface area (TPSA) is 106 Å². The Labute approximate surface area is 195 Å². The van der Waals surface area contributed by atoms with Crippen LogP contribution in [0.15, 0.2) is 53.7 Å². The van der Waals surface area contributed by atoms with E-state index in [1.54, 1.807) is 37.5 Å². The Balaban J connectivity index is 1.84. The average Bonchev–Trinajstić information content (AvgIpc) is 2.84. The summed E-state index contributed by atoms with van der Waals surface area (Å²) in [6, 6.07) is 11.8. The number of hydrogen-bond acceptors (Lipinski definition) is 7. The number of hydroxylamine groups is 1. The Morgan fingerprint density at radius 3 is 2.68 bits per heavy atom. The number of methoxy groups -OCH3 is 1. The predicted molar refractivity (Wildman–Crippen MR) is 128 cm³/mol. The zero-order chi connectivity index (χ0) is 24.3. The summed E-state index contributed by atoms with van der Waals surface area (Å²) in [5, 5.41) is 14.4. The monoisotopic (exact) mass is 467 g/mol. The number of hydrogen-bond donors (Lipinski definition) is 1. The number of aromatic nitrogens is 2. The van der Waals surface area contributed by atoms with E-state index >= 15 is 0 Å². The van der Waals surface area contributed by atoms with Gasteiger partial charge in [-0.05, 0) is 29.8 Å². The van der Waals surface area contributed by atoms with E-state index in [9.17, 15) is 14.0 Å². The molecule has 8 nitrogen and oxygen atoms in total. The first kappa shape index (κ1) is 23.3. The molecule has 1 unspecified atom stereocenters. The van der Waals surface area contributed by atoms with Crippen LogP contribution in [0.5, 0.6) is 11.8 Å². The van der Waals surface area contributed by atoms with Crippen LogP contribution in [0.2, 0.25) is 0 Å². The van der Waals surface area contributed by atoms with Crippen LogP contribution >= 0.6 is 0 Å². The quantitative estimate of drug-likeness (QED) is 0.238. The molecular weight excluding hydrogens is 444 g/mol. The maximum absolute atomic E-state index is 14.4. The van der Waals surface area contributed by atoms with Crippen molar-refractivity contribution >= 4 is 35.1 Å². The minimum Gasteiger partial charge on any atom is -0.620 e. The second kappa shape index (κ2) is 9.54. The van der Waals surface area contributed by atoms with Gasteiger partial charge in [-0.15, -0.1) is 0 Å². The zero-order valence-corrected chi connectivity index (χ0v) is 18.6. The molecule has 0 radical (unpaired) electrons. The summed E-state index contributed by atoms with van der Waals surface area (Å²) in [4.78, 5) is 12.5. The van der Waals surface area contributed by atoms with Crippen molar-refractivity contribution in [1.29, 1.82) is 0 Å². The summed E-state index contributed by atoms with van der Waals surface area (Å²) < 4.78 is 34.5. The number of rotatable bonds is 7. The Morgan fingerprint density at radius 2 is 2.00 bits per heavy atom. The summed E-state index contributed by atoms with van der Waals surface area (Å²) in [7, 11) is 3.13. The highest BCUT2D eigenvalue weighted by molar-refractivity contribution is 5.94. The van der Waals surface area contributed by atoms with Crippen LogP contribution in [0.4, 0.5) is 26.0 Å². The van der Waals surface area contributed by atoms with Crippen molar-refractivity contribution < 1.29 is 18.3 Å². The van der Waals surface area contributed by atoms with Crippen molar-refractivity contribution in [2.24, 2.45) is 4.99 Å². The number of fused-ring (bicyclic) bond motifs is 1. The smallest absolute Gasteiger partial charge is 0.272 e. The molecule has 0 bridgehead atoms. The van der Waals surface area contributed by atoms with Crippen LogP contribution in [-0.2, 0) is 0 Å². The van der Waals surface area contributed by atoms with Crippen molar-refractivity contribution in [3.8, 4) is 11.8 Å². The first-order valence-corrected chi connectivity index (χ1v) is 10.4. The molecule has 3 heterocycles. The molecule has 1 atom stereocenters. The number of nitrogen functional groups attached to an aromatic ring is 1. The van der Waals surface area contributed by atoms with Gasteiger partial charge in [0.2, 0.25) is 17.6 Å². The third-order valence-corrected chi connectivity index (χ3v) is 5.37. The minimum absolute atomic E-state index is 0.0149. The standard InChI is InChI=1S/C24H23F2N5O3/c1-28-11-17-9-15(3-6-20(17)27)18-10-16-4-7-23(34-14-21(25)26)30-24(16)31(32,13-18)19-5-8-22(33-2)29-12-19/h3-12,21H,13-14,27H2,1-2H3. The van der Waals surface area contributed by atoms with Gasteiger partial charge in [0.1, 0.15) is 6.54 Å². The maximum atomic E-state index is 14.4. The summed E-state index contributed by atoms with van der Waals surface area (Å²) in [6.45, 7) is -0.831. The molecule has 0 amide bonds. The SMILES string of the molecule is CN=Cc1cc(C2=Cc3ccc(OCC(F)F)nc3[N+]([O-])(c3ccc(OC)nc3)C2)ccc1N. The highest BCUT2D eigenvalue weighted by atomic mass is 19.3. The van der Waals surface area contributed by atoms with E-state index in [2.05, 4.69) is 15.0 Å². The van der Waals surface area contributed by atoms with Gasteiger partial charge in [0.15, 0.2) is 12.3 Å². The third-order valence-electron chi connectivity index (χ3n) is 5.37. The highest BCUT2D eigenvalue weighted by Gasteiger charge is 2.35. The summed E-state index contributed by atoms with van der Waals surface area (Å²) >= 11 is 0. The molecule has 2 N–H and O–H groups in total. The molecule has 176 valence electrons. The van der Waals surface area contributed by atoms with Crippen LogP contribution < -0.4 is 19.9 Å². The molecule has 4 rings (SSSR count). The average molecular weight is 467 g/mol. The molecule has 0 spiro atoms. The van der Waals surface area contributed by atoms with E-state index in [0.29, 0.717) is 22.8 Å². The fourth-order valence-electron chi connectivity index (χ4n) is 3.74. The highest BCUT2D eigenvalue weighted by Crippen LogP contribution is 2.43. The fraction of sp³-hybridized carbons (Fsp3) is 0.208. The maximum Gasteiger partial charge on any atom is 0.272 e. The molecule has 0 aliphatic carbocycles. The van der Waals surface area contributed by atoms with Gasteiger partial charge in [-0.25, -0.2) is 13.8 Å². The largest absolute Gasteiger partial charge is 0.620 e. The first-order chi connectivity index (χ1) is 16.3. The van der Waals surface area contributed by atoms with E-state index in [1.807, 2.05) is 18.2 Å². The van der Waals surface area contributed by atoms with Gasteiger partial charge in [-0.2, -0.15) is 4.98 Å². The van der Waals surface area contributed by atoms with Crippen LogP contribution in [0.1, 0.15) is 16.7 Å². The number of pyridine rings is 2. The van der Waals surface area contributed by atoms with Gasteiger partial charge >= 0.3 is 0 Å². The van der Waals surface area contributed by atoms with Gasteiger partial charge < -0.3 is 20.4 Å². The normalized spacial score (nSPS) is 17.5. The fourth-order valence-corrected chi connectivity index (χ4v) is 3.74. The number of alkyl halides is 2. The predicted octanol–water partition coefficient (Wildman–Crippen LogP) is 4.45. The molecule has 0 saturated heterocycles. The first-order valence-electron chi connectivity index (χ1n) is 10.4. The number of nitrogens with zero attached hydrogens (tertiary/aromatic N) is 4. The lowest BCUT2D eigenvalue weighted by atomic mass is 9.96. The van der Waals surface area contributed by atoms with Crippen molar-refractivity contribution in [2.75, 3.05) is 33.0 Å². The van der Waals surface area contributed by atoms with Crippen LogP contribution in [0, 0.1) is 5.21 Å². The Bertz CT molecular complexity index is 1250. The lowest BCUT2D eigenvalue weighted by Gasteiger charge is -2.43.